The summed E-state index contributed by atoms with van der Waals surface area (Å²) in [6, 6.07) is 8.30. The van der Waals surface area contributed by atoms with E-state index in [2.05, 4.69) is 20.7 Å². The van der Waals surface area contributed by atoms with E-state index in [0.29, 0.717) is 5.82 Å². The van der Waals surface area contributed by atoms with E-state index in [4.69, 9.17) is 0 Å². The van der Waals surface area contributed by atoms with Crippen molar-refractivity contribution in [2.45, 2.75) is 13.5 Å². The highest BCUT2D eigenvalue weighted by molar-refractivity contribution is 7.13. The number of tetrazole rings is 1. The van der Waals surface area contributed by atoms with Gasteiger partial charge in [0.1, 0.15) is 12.2 Å². The Kier molecular flexibility index (Phi) is 4.29. The molecular weight excluding hydrogens is 332 g/mol. The number of carbonyl (C=O) groups is 1. The number of nitro benzene ring substituents is 1. The lowest BCUT2D eigenvalue weighted by molar-refractivity contribution is -0.384. The van der Waals surface area contributed by atoms with Gasteiger partial charge in [-0.05, 0) is 35.2 Å². The summed E-state index contributed by atoms with van der Waals surface area (Å²) in [4.78, 5) is 24.6. The number of aromatic nitrogens is 4. The van der Waals surface area contributed by atoms with Crippen LogP contribution in [0.4, 0.5) is 11.4 Å². The standard InChI is InChI=1S/C14H12N6O3S/c1-9-4-5-10(11(7-9)20(22)23)15-13(21)8-19-17-14(16-18-19)12-3-2-6-24-12/h2-7H,8H2,1H3,(H,15,21). The number of amides is 1. The summed E-state index contributed by atoms with van der Waals surface area (Å²) in [5, 5.41) is 27.3. The molecule has 122 valence electrons. The number of carbonyl (C=O) groups excluding carboxylic acids is 1. The van der Waals surface area contributed by atoms with Crippen LogP contribution in [0.5, 0.6) is 0 Å². The summed E-state index contributed by atoms with van der Waals surface area (Å²) < 4.78 is 0. The number of benzene rings is 1. The van der Waals surface area contributed by atoms with Crippen LogP contribution in [-0.2, 0) is 11.3 Å². The topological polar surface area (TPSA) is 116 Å². The Hall–Kier alpha value is -3.14. The van der Waals surface area contributed by atoms with E-state index in [-0.39, 0.29) is 17.9 Å². The molecular formula is C14H12N6O3S. The molecule has 0 spiro atoms. The van der Waals surface area contributed by atoms with Gasteiger partial charge in [0.25, 0.3) is 5.69 Å². The van der Waals surface area contributed by atoms with Crippen LogP contribution >= 0.6 is 11.3 Å². The van der Waals surface area contributed by atoms with Crippen molar-refractivity contribution in [2.75, 3.05) is 5.32 Å². The predicted molar refractivity (Wildman–Crippen MR) is 87.6 cm³/mol. The van der Waals surface area contributed by atoms with Crippen molar-refractivity contribution in [1.29, 1.82) is 0 Å². The van der Waals surface area contributed by atoms with E-state index in [1.165, 1.54) is 23.5 Å². The number of anilines is 1. The monoisotopic (exact) mass is 344 g/mol. The second-order valence-corrected chi connectivity index (χ2v) is 5.89. The van der Waals surface area contributed by atoms with E-state index in [9.17, 15) is 14.9 Å². The van der Waals surface area contributed by atoms with Crippen LogP contribution in [0, 0.1) is 17.0 Å². The van der Waals surface area contributed by atoms with Crippen molar-refractivity contribution in [3.05, 3.63) is 51.4 Å². The summed E-state index contributed by atoms with van der Waals surface area (Å²) in [6.45, 7) is 1.55. The van der Waals surface area contributed by atoms with Gasteiger partial charge >= 0.3 is 0 Å². The van der Waals surface area contributed by atoms with Crippen molar-refractivity contribution >= 4 is 28.6 Å². The van der Waals surface area contributed by atoms with Gasteiger partial charge in [0.2, 0.25) is 11.7 Å². The van der Waals surface area contributed by atoms with Crippen LogP contribution in [0.2, 0.25) is 0 Å². The fraction of sp³-hybridized carbons (Fsp3) is 0.143. The van der Waals surface area contributed by atoms with Crippen LogP contribution in [-0.4, -0.2) is 31.0 Å². The molecule has 0 aliphatic rings. The van der Waals surface area contributed by atoms with Gasteiger partial charge in [-0.2, -0.15) is 4.80 Å². The fourth-order valence-corrected chi connectivity index (χ4v) is 2.68. The molecule has 0 saturated carbocycles. The quantitative estimate of drug-likeness (QED) is 0.560. The first-order valence-corrected chi connectivity index (χ1v) is 7.77. The molecule has 0 fully saturated rings. The van der Waals surface area contributed by atoms with Crippen LogP contribution in [0.15, 0.2) is 35.7 Å². The Labute approximate surface area is 140 Å². The number of nitrogens with zero attached hydrogens (tertiary/aromatic N) is 5. The summed E-state index contributed by atoms with van der Waals surface area (Å²) in [7, 11) is 0. The Morgan fingerprint density at radius 2 is 2.25 bits per heavy atom. The lowest BCUT2D eigenvalue weighted by atomic mass is 10.2. The molecule has 1 aromatic carbocycles. The SMILES string of the molecule is Cc1ccc(NC(=O)Cn2nnc(-c3cccs3)n2)c([N+](=O)[O-])c1. The van der Waals surface area contributed by atoms with Crippen molar-refractivity contribution in [3.8, 4) is 10.7 Å². The normalized spacial score (nSPS) is 10.5. The maximum atomic E-state index is 12.1. The van der Waals surface area contributed by atoms with Gasteiger partial charge < -0.3 is 5.32 Å². The van der Waals surface area contributed by atoms with E-state index < -0.39 is 10.8 Å². The minimum absolute atomic E-state index is 0.134. The Morgan fingerprint density at radius 1 is 1.42 bits per heavy atom. The zero-order valence-corrected chi connectivity index (χ0v) is 13.4. The van der Waals surface area contributed by atoms with Gasteiger partial charge in [-0.1, -0.05) is 12.1 Å². The Morgan fingerprint density at radius 3 is 2.96 bits per heavy atom. The van der Waals surface area contributed by atoms with E-state index in [1.54, 1.807) is 13.0 Å². The number of rotatable bonds is 5. The molecule has 3 rings (SSSR count). The number of thiophene rings is 1. The van der Waals surface area contributed by atoms with Crippen LogP contribution in [0.1, 0.15) is 5.56 Å². The summed E-state index contributed by atoms with van der Waals surface area (Å²) in [5.74, 6) is -0.0452. The van der Waals surface area contributed by atoms with E-state index in [0.717, 1.165) is 15.2 Å². The maximum absolute atomic E-state index is 12.1. The first-order chi connectivity index (χ1) is 11.5. The molecule has 9 nitrogen and oxygen atoms in total. The average Bonchev–Trinajstić information content (AvgIpc) is 3.19. The third-order valence-electron chi connectivity index (χ3n) is 3.10. The van der Waals surface area contributed by atoms with Crippen molar-refractivity contribution in [2.24, 2.45) is 0 Å². The van der Waals surface area contributed by atoms with Gasteiger partial charge in [0, 0.05) is 6.07 Å². The van der Waals surface area contributed by atoms with Gasteiger partial charge in [-0.15, -0.1) is 21.5 Å². The second-order valence-electron chi connectivity index (χ2n) is 4.95. The first-order valence-electron chi connectivity index (χ1n) is 6.89. The molecule has 0 unspecified atom stereocenters. The Balaban J connectivity index is 1.71. The molecule has 24 heavy (non-hydrogen) atoms. The van der Waals surface area contributed by atoms with Gasteiger partial charge in [0.15, 0.2) is 0 Å². The molecule has 2 aromatic heterocycles. The molecule has 1 N–H and O–H groups in total. The van der Waals surface area contributed by atoms with Crippen LogP contribution in [0.3, 0.4) is 0 Å². The highest BCUT2D eigenvalue weighted by atomic mass is 32.1. The minimum Gasteiger partial charge on any atom is -0.319 e. The van der Waals surface area contributed by atoms with E-state index in [1.807, 2.05) is 17.5 Å². The van der Waals surface area contributed by atoms with Gasteiger partial charge in [-0.25, -0.2) is 0 Å². The largest absolute Gasteiger partial charge is 0.319 e. The zero-order valence-electron chi connectivity index (χ0n) is 12.5. The molecule has 0 aliphatic heterocycles. The van der Waals surface area contributed by atoms with E-state index >= 15 is 0 Å². The lowest BCUT2D eigenvalue weighted by Crippen LogP contribution is -2.21. The molecule has 0 atom stereocenters. The highest BCUT2D eigenvalue weighted by Gasteiger charge is 2.17. The van der Waals surface area contributed by atoms with Crippen molar-refractivity contribution in [1.82, 2.24) is 20.2 Å². The smallest absolute Gasteiger partial charge is 0.293 e. The van der Waals surface area contributed by atoms with Crippen LogP contribution < -0.4 is 5.32 Å². The molecule has 0 saturated heterocycles. The minimum atomic E-state index is -0.536. The Bertz CT molecular complexity index is 890. The third kappa shape index (κ3) is 3.43. The third-order valence-corrected chi connectivity index (χ3v) is 3.97. The van der Waals surface area contributed by atoms with Crippen LogP contribution in [0.25, 0.3) is 10.7 Å². The molecule has 10 heteroatoms. The first kappa shape index (κ1) is 15.7. The maximum Gasteiger partial charge on any atom is 0.293 e. The molecule has 3 aromatic rings. The summed E-state index contributed by atoms with van der Waals surface area (Å²) >= 11 is 1.46. The summed E-state index contributed by atoms with van der Waals surface area (Å²) in [6.07, 6.45) is 0. The number of hydrogen-bond acceptors (Lipinski definition) is 7. The second kappa shape index (κ2) is 6.54. The van der Waals surface area contributed by atoms with Crippen molar-refractivity contribution < 1.29 is 9.72 Å². The molecule has 0 aliphatic carbocycles. The summed E-state index contributed by atoms with van der Waals surface area (Å²) in [5.41, 5.74) is 0.710. The molecule has 1 amide bonds. The zero-order chi connectivity index (χ0) is 17.1. The number of hydrogen-bond donors (Lipinski definition) is 1. The molecule has 0 bridgehead atoms. The van der Waals surface area contributed by atoms with Crippen molar-refractivity contribution in [3.63, 3.8) is 0 Å². The lowest BCUT2D eigenvalue weighted by Gasteiger charge is -2.06. The van der Waals surface area contributed by atoms with Gasteiger partial charge in [-0.3, -0.25) is 14.9 Å². The average molecular weight is 344 g/mol. The predicted octanol–water partition coefficient (Wildman–Crippen LogP) is 2.26. The molecule has 2 heterocycles. The fourth-order valence-electron chi connectivity index (χ4n) is 2.03. The number of nitrogens with one attached hydrogen (secondary N) is 1. The number of aryl methyl sites for hydroxylation is 1. The molecule has 0 radical (unpaired) electrons. The number of nitro groups is 1. The highest BCUT2D eigenvalue weighted by Crippen LogP contribution is 2.25. The van der Waals surface area contributed by atoms with Gasteiger partial charge in [0.05, 0.1) is 9.80 Å².